The van der Waals surface area contributed by atoms with E-state index in [4.69, 9.17) is 5.11 Å². The van der Waals surface area contributed by atoms with Gasteiger partial charge in [-0.2, -0.15) is 0 Å². The average molecular weight is 229 g/mol. The molecule has 2 N–H and O–H groups in total. The summed E-state index contributed by atoms with van der Waals surface area (Å²) in [6, 6.07) is 1.52. The van der Waals surface area contributed by atoms with Crippen molar-refractivity contribution in [3.63, 3.8) is 0 Å². The topological polar surface area (TPSA) is 75.6 Å². The van der Waals surface area contributed by atoms with Gasteiger partial charge in [-0.3, -0.25) is 4.79 Å². The molecule has 6 heteroatoms. The van der Waals surface area contributed by atoms with Crippen LogP contribution in [-0.4, -0.2) is 23.2 Å². The molecule has 0 fully saturated rings. The lowest BCUT2D eigenvalue weighted by Gasteiger charge is -2.07. The highest BCUT2D eigenvalue weighted by Gasteiger charge is 2.16. The molecule has 0 unspecified atom stereocenters. The van der Waals surface area contributed by atoms with Gasteiger partial charge in [0.2, 0.25) is 5.06 Å². The number of thiophene rings is 1. The monoisotopic (exact) mass is 229 g/mol. The smallest absolute Gasteiger partial charge is 0.449 e. The van der Waals surface area contributed by atoms with Crippen LogP contribution < -0.4 is 10.1 Å². The van der Waals surface area contributed by atoms with Crippen LogP contribution in [0.1, 0.15) is 24.2 Å². The number of hydrogen-bond donors (Lipinski definition) is 2. The van der Waals surface area contributed by atoms with Gasteiger partial charge >= 0.3 is 6.16 Å². The minimum Gasteiger partial charge on any atom is -0.449 e. The molecule has 0 aliphatic carbocycles. The third-order valence-electron chi connectivity index (χ3n) is 1.47. The normalized spacial score (nSPS) is 10.1. The van der Waals surface area contributed by atoms with Crippen LogP contribution in [0.4, 0.5) is 4.79 Å². The summed E-state index contributed by atoms with van der Waals surface area (Å²) < 4.78 is 4.46. The van der Waals surface area contributed by atoms with E-state index in [1.807, 2.05) is 13.8 Å². The van der Waals surface area contributed by atoms with Crippen LogP contribution in [0.3, 0.4) is 0 Å². The van der Waals surface area contributed by atoms with Crippen molar-refractivity contribution in [1.29, 1.82) is 0 Å². The number of nitrogens with one attached hydrogen (secondary N) is 1. The Morgan fingerprint density at radius 2 is 2.20 bits per heavy atom. The molecule has 0 radical (unpaired) electrons. The summed E-state index contributed by atoms with van der Waals surface area (Å²) in [4.78, 5) is 21.9. The second kappa shape index (κ2) is 4.79. The molecule has 0 saturated carbocycles. The van der Waals surface area contributed by atoms with E-state index in [0.717, 1.165) is 11.3 Å². The molecule has 0 spiro atoms. The fourth-order valence-electron chi connectivity index (χ4n) is 0.962. The van der Waals surface area contributed by atoms with E-state index in [9.17, 15) is 9.59 Å². The summed E-state index contributed by atoms with van der Waals surface area (Å²) in [5.74, 6) is -0.331. The summed E-state index contributed by atoms with van der Waals surface area (Å²) in [7, 11) is 0. The number of carboxylic acid groups (broad SMARTS) is 1. The minimum absolute atomic E-state index is 0.00456. The van der Waals surface area contributed by atoms with E-state index in [1.54, 1.807) is 5.38 Å². The van der Waals surface area contributed by atoms with E-state index in [1.165, 1.54) is 6.07 Å². The first-order valence-electron chi connectivity index (χ1n) is 4.30. The van der Waals surface area contributed by atoms with Crippen molar-refractivity contribution in [2.75, 3.05) is 0 Å². The third-order valence-corrected chi connectivity index (χ3v) is 2.26. The Bertz CT molecular complexity index is 372. The first-order valence-corrected chi connectivity index (χ1v) is 5.17. The maximum absolute atomic E-state index is 11.5. The average Bonchev–Trinajstić information content (AvgIpc) is 2.49. The SMILES string of the molecule is CC(C)NC(=O)c1ccsc1OC(=O)O. The fourth-order valence-corrected chi connectivity index (χ4v) is 1.70. The van der Waals surface area contributed by atoms with Gasteiger partial charge in [0.15, 0.2) is 0 Å². The number of rotatable bonds is 3. The Labute approximate surface area is 90.7 Å². The van der Waals surface area contributed by atoms with E-state index >= 15 is 0 Å². The molecule has 0 aromatic carbocycles. The second-order valence-corrected chi connectivity index (χ2v) is 4.00. The Kier molecular flexibility index (Phi) is 3.68. The molecular formula is C9H11NO4S. The standard InChI is InChI=1S/C9H11NO4S/c1-5(2)10-7(11)6-3-4-15-8(6)14-9(12)13/h3-5H,1-2H3,(H,10,11)(H,12,13). The molecule has 0 bridgehead atoms. The highest BCUT2D eigenvalue weighted by atomic mass is 32.1. The van der Waals surface area contributed by atoms with Gasteiger partial charge in [0.1, 0.15) is 0 Å². The molecule has 1 amide bonds. The van der Waals surface area contributed by atoms with Gasteiger partial charge in [-0.1, -0.05) is 0 Å². The molecule has 15 heavy (non-hydrogen) atoms. The van der Waals surface area contributed by atoms with Crippen molar-refractivity contribution >= 4 is 23.4 Å². The lowest BCUT2D eigenvalue weighted by atomic mass is 10.3. The molecule has 1 aromatic heterocycles. The molecule has 5 nitrogen and oxygen atoms in total. The third kappa shape index (κ3) is 3.25. The predicted molar refractivity (Wildman–Crippen MR) is 55.6 cm³/mol. The van der Waals surface area contributed by atoms with Crippen LogP contribution in [0, 0.1) is 0 Å². The van der Waals surface area contributed by atoms with Gasteiger partial charge in [0, 0.05) is 6.04 Å². The summed E-state index contributed by atoms with van der Waals surface area (Å²) in [6.45, 7) is 3.64. The first kappa shape index (κ1) is 11.5. The number of carbonyl (C=O) groups is 2. The van der Waals surface area contributed by atoms with Crippen LogP contribution in [0.15, 0.2) is 11.4 Å². The summed E-state index contributed by atoms with van der Waals surface area (Å²) >= 11 is 1.07. The van der Waals surface area contributed by atoms with Crippen molar-refractivity contribution in [3.05, 3.63) is 17.0 Å². The largest absolute Gasteiger partial charge is 0.512 e. The zero-order valence-electron chi connectivity index (χ0n) is 8.31. The van der Waals surface area contributed by atoms with Crippen molar-refractivity contribution in [1.82, 2.24) is 5.32 Å². The number of ether oxygens (including phenoxy) is 1. The molecule has 0 aliphatic rings. The van der Waals surface area contributed by atoms with E-state index in [0.29, 0.717) is 0 Å². The quantitative estimate of drug-likeness (QED) is 0.777. The second-order valence-electron chi connectivity index (χ2n) is 3.12. The van der Waals surface area contributed by atoms with Crippen LogP contribution in [-0.2, 0) is 0 Å². The minimum atomic E-state index is -1.42. The van der Waals surface area contributed by atoms with Gasteiger partial charge in [0.05, 0.1) is 5.56 Å². The zero-order valence-corrected chi connectivity index (χ0v) is 9.13. The van der Waals surface area contributed by atoms with Gasteiger partial charge in [-0.05, 0) is 25.3 Å². The van der Waals surface area contributed by atoms with Crippen LogP contribution in [0.2, 0.25) is 0 Å². The van der Waals surface area contributed by atoms with Crippen molar-refractivity contribution in [2.24, 2.45) is 0 Å². The Hall–Kier alpha value is -1.56. The van der Waals surface area contributed by atoms with Crippen molar-refractivity contribution < 1.29 is 19.4 Å². The number of hydrogen-bond acceptors (Lipinski definition) is 4. The Balaban J connectivity index is 2.80. The highest BCUT2D eigenvalue weighted by molar-refractivity contribution is 7.12. The Morgan fingerprint density at radius 1 is 1.53 bits per heavy atom. The van der Waals surface area contributed by atoms with E-state index < -0.39 is 6.16 Å². The highest BCUT2D eigenvalue weighted by Crippen LogP contribution is 2.26. The molecule has 0 aliphatic heterocycles. The molecule has 1 rings (SSSR count). The van der Waals surface area contributed by atoms with Crippen LogP contribution in [0.5, 0.6) is 5.06 Å². The van der Waals surface area contributed by atoms with E-state index in [2.05, 4.69) is 10.1 Å². The summed E-state index contributed by atoms with van der Waals surface area (Å²) in [6.07, 6.45) is -1.42. The van der Waals surface area contributed by atoms with Gasteiger partial charge in [-0.25, -0.2) is 4.79 Å². The van der Waals surface area contributed by atoms with Gasteiger partial charge in [-0.15, -0.1) is 11.3 Å². The van der Waals surface area contributed by atoms with Crippen LogP contribution in [0.25, 0.3) is 0 Å². The molecule has 0 saturated heterocycles. The van der Waals surface area contributed by atoms with Crippen molar-refractivity contribution in [3.8, 4) is 5.06 Å². The number of amides is 1. The first-order chi connectivity index (χ1) is 7.00. The van der Waals surface area contributed by atoms with Crippen LogP contribution >= 0.6 is 11.3 Å². The summed E-state index contributed by atoms with van der Waals surface area (Å²) in [5.41, 5.74) is 0.246. The van der Waals surface area contributed by atoms with Crippen molar-refractivity contribution in [2.45, 2.75) is 19.9 Å². The molecular weight excluding hydrogens is 218 g/mol. The number of carbonyl (C=O) groups excluding carboxylic acids is 1. The lowest BCUT2D eigenvalue weighted by Crippen LogP contribution is -2.30. The maximum Gasteiger partial charge on any atom is 0.512 e. The summed E-state index contributed by atoms with van der Waals surface area (Å²) in [5, 5.41) is 12.8. The predicted octanol–water partition coefficient (Wildman–Crippen LogP) is 1.94. The van der Waals surface area contributed by atoms with Gasteiger partial charge in [0.25, 0.3) is 5.91 Å². The van der Waals surface area contributed by atoms with E-state index in [-0.39, 0.29) is 22.6 Å². The molecule has 82 valence electrons. The molecule has 0 atom stereocenters. The molecule has 1 aromatic rings. The molecule has 1 heterocycles. The van der Waals surface area contributed by atoms with Gasteiger partial charge < -0.3 is 15.2 Å². The zero-order chi connectivity index (χ0) is 11.4. The fraction of sp³-hybridized carbons (Fsp3) is 0.333. The lowest BCUT2D eigenvalue weighted by molar-refractivity contribution is 0.0940. The Morgan fingerprint density at radius 3 is 2.73 bits per heavy atom. The maximum atomic E-state index is 11.5.